The molecule has 6 heteroatoms. The summed E-state index contributed by atoms with van der Waals surface area (Å²) < 4.78 is 21.0. The lowest BCUT2D eigenvalue weighted by Crippen LogP contribution is -1.91. The van der Waals surface area contributed by atoms with E-state index >= 15 is 0 Å². The molecule has 2 N–H and O–H groups in total. The Balaban J connectivity index is 2.27. The molecule has 0 radical (unpaired) electrons. The molecule has 0 atom stereocenters. The zero-order valence-electron chi connectivity index (χ0n) is 10.6. The van der Waals surface area contributed by atoms with Crippen LogP contribution in [0.25, 0.3) is 22.4 Å². The molecule has 1 heterocycles. The van der Waals surface area contributed by atoms with Gasteiger partial charge in [0.25, 0.3) is 0 Å². The minimum atomic E-state index is -0.365. The standard InChI is InChI=1S/C15H9BrFIN2O/c16-11-6-5-8(18)7-10(11)14-13(15(19)21-20-14)9-3-1-2-4-12(9)17/h1-7H,19H2. The van der Waals surface area contributed by atoms with E-state index in [1.54, 1.807) is 18.2 Å². The van der Waals surface area contributed by atoms with Gasteiger partial charge in [-0.25, -0.2) is 4.39 Å². The molecule has 0 unspecified atom stereocenters. The minimum Gasteiger partial charge on any atom is -0.367 e. The van der Waals surface area contributed by atoms with Crippen LogP contribution in [0.5, 0.6) is 0 Å². The molecule has 106 valence electrons. The van der Waals surface area contributed by atoms with Gasteiger partial charge in [-0.05, 0) is 46.9 Å². The first-order chi connectivity index (χ1) is 10.1. The van der Waals surface area contributed by atoms with Crippen LogP contribution in [0.2, 0.25) is 0 Å². The van der Waals surface area contributed by atoms with E-state index in [-0.39, 0.29) is 11.7 Å². The van der Waals surface area contributed by atoms with Crippen molar-refractivity contribution in [3.63, 3.8) is 0 Å². The average Bonchev–Trinajstić information content (AvgIpc) is 2.84. The molecule has 1 aromatic heterocycles. The van der Waals surface area contributed by atoms with Gasteiger partial charge in [0.2, 0.25) is 5.88 Å². The number of aromatic nitrogens is 1. The van der Waals surface area contributed by atoms with Crippen molar-refractivity contribution >= 4 is 44.4 Å². The summed E-state index contributed by atoms with van der Waals surface area (Å²) in [5.74, 6) is -0.267. The zero-order chi connectivity index (χ0) is 15.0. The van der Waals surface area contributed by atoms with Crippen LogP contribution in [0.3, 0.4) is 0 Å². The first-order valence-corrected chi connectivity index (χ1v) is 7.90. The number of nitrogens with two attached hydrogens (primary N) is 1. The largest absolute Gasteiger partial charge is 0.367 e. The molecule has 0 amide bonds. The van der Waals surface area contributed by atoms with Gasteiger partial charge in [-0.3, -0.25) is 0 Å². The molecule has 0 fully saturated rings. The van der Waals surface area contributed by atoms with Gasteiger partial charge in [0.1, 0.15) is 11.5 Å². The molecule has 0 bridgehead atoms. The summed E-state index contributed by atoms with van der Waals surface area (Å²) >= 11 is 5.69. The van der Waals surface area contributed by atoms with Gasteiger partial charge >= 0.3 is 0 Å². The van der Waals surface area contributed by atoms with Crippen LogP contribution in [0.1, 0.15) is 0 Å². The Bertz CT molecular complexity index is 819. The molecule has 3 aromatic rings. The molecule has 2 aromatic carbocycles. The van der Waals surface area contributed by atoms with Crippen LogP contribution in [-0.4, -0.2) is 5.16 Å². The van der Waals surface area contributed by atoms with Crippen LogP contribution in [0.4, 0.5) is 10.3 Å². The molecular formula is C15H9BrFIN2O. The zero-order valence-corrected chi connectivity index (χ0v) is 14.4. The smallest absolute Gasteiger partial charge is 0.230 e. The molecule has 0 saturated heterocycles. The molecule has 0 spiro atoms. The van der Waals surface area contributed by atoms with Gasteiger partial charge in [0.05, 0.1) is 5.56 Å². The topological polar surface area (TPSA) is 52.0 Å². The second-order valence-electron chi connectivity index (χ2n) is 4.37. The van der Waals surface area contributed by atoms with Crippen molar-refractivity contribution in [2.45, 2.75) is 0 Å². The van der Waals surface area contributed by atoms with Crippen LogP contribution >= 0.6 is 38.5 Å². The minimum absolute atomic E-state index is 0.0980. The van der Waals surface area contributed by atoms with Gasteiger partial charge in [0, 0.05) is 19.2 Å². The monoisotopic (exact) mass is 458 g/mol. The van der Waals surface area contributed by atoms with Gasteiger partial charge in [-0.2, -0.15) is 0 Å². The molecule has 0 aliphatic carbocycles. The lowest BCUT2D eigenvalue weighted by atomic mass is 10.0. The van der Waals surface area contributed by atoms with E-state index in [1.807, 2.05) is 18.2 Å². The number of nitrogens with zero attached hydrogens (tertiary/aromatic N) is 1. The second kappa shape index (κ2) is 5.76. The molecular weight excluding hydrogens is 450 g/mol. The summed E-state index contributed by atoms with van der Waals surface area (Å²) in [6.45, 7) is 0. The third-order valence-electron chi connectivity index (χ3n) is 3.05. The Morgan fingerprint density at radius 2 is 1.90 bits per heavy atom. The summed E-state index contributed by atoms with van der Waals surface area (Å²) in [6.07, 6.45) is 0. The van der Waals surface area contributed by atoms with E-state index in [0.717, 1.165) is 13.6 Å². The normalized spacial score (nSPS) is 10.8. The highest BCUT2D eigenvalue weighted by molar-refractivity contribution is 14.1. The molecule has 21 heavy (non-hydrogen) atoms. The third kappa shape index (κ3) is 2.69. The highest BCUT2D eigenvalue weighted by Crippen LogP contribution is 2.40. The van der Waals surface area contributed by atoms with Gasteiger partial charge in [0.15, 0.2) is 0 Å². The fourth-order valence-electron chi connectivity index (χ4n) is 2.09. The third-order valence-corrected chi connectivity index (χ3v) is 4.41. The van der Waals surface area contributed by atoms with Gasteiger partial charge < -0.3 is 10.3 Å². The first kappa shape index (κ1) is 14.5. The van der Waals surface area contributed by atoms with Crippen molar-refractivity contribution < 1.29 is 8.91 Å². The van der Waals surface area contributed by atoms with Crippen LogP contribution in [-0.2, 0) is 0 Å². The van der Waals surface area contributed by atoms with Crippen molar-refractivity contribution in [2.75, 3.05) is 5.73 Å². The number of benzene rings is 2. The number of nitrogen functional groups attached to an aromatic ring is 1. The van der Waals surface area contributed by atoms with E-state index in [4.69, 9.17) is 10.3 Å². The quantitative estimate of drug-likeness (QED) is 0.543. The average molecular weight is 459 g/mol. The number of hydrogen-bond donors (Lipinski definition) is 1. The Labute approximate surface area is 142 Å². The van der Waals surface area contributed by atoms with Crippen molar-refractivity contribution in [1.29, 1.82) is 0 Å². The number of hydrogen-bond acceptors (Lipinski definition) is 3. The lowest BCUT2D eigenvalue weighted by Gasteiger charge is -2.06. The van der Waals surface area contributed by atoms with Gasteiger partial charge in [-0.1, -0.05) is 39.3 Å². The van der Waals surface area contributed by atoms with Gasteiger partial charge in [-0.15, -0.1) is 0 Å². The van der Waals surface area contributed by atoms with E-state index < -0.39 is 0 Å². The Hall–Kier alpha value is -1.41. The van der Waals surface area contributed by atoms with Crippen molar-refractivity contribution in [3.8, 4) is 22.4 Å². The molecule has 0 aliphatic heterocycles. The van der Waals surface area contributed by atoms with Crippen LogP contribution < -0.4 is 5.73 Å². The summed E-state index contributed by atoms with van der Waals surface area (Å²) in [5.41, 5.74) is 8.02. The Morgan fingerprint density at radius 3 is 2.67 bits per heavy atom. The van der Waals surface area contributed by atoms with Crippen molar-refractivity contribution in [3.05, 3.63) is 56.3 Å². The number of anilines is 1. The summed E-state index contributed by atoms with van der Waals surface area (Å²) in [4.78, 5) is 0. The maximum Gasteiger partial charge on any atom is 0.230 e. The lowest BCUT2D eigenvalue weighted by molar-refractivity contribution is 0.439. The SMILES string of the molecule is Nc1onc(-c2cc(I)ccc2Br)c1-c1ccccc1F. The van der Waals surface area contributed by atoms with E-state index in [2.05, 4.69) is 43.7 Å². The van der Waals surface area contributed by atoms with Crippen molar-refractivity contribution in [1.82, 2.24) is 5.16 Å². The number of halogens is 3. The van der Waals surface area contributed by atoms with E-state index in [9.17, 15) is 4.39 Å². The maximum atomic E-state index is 14.1. The van der Waals surface area contributed by atoms with E-state index in [1.165, 1.54) is 6.07 Å². The fourth-order valence-corrected chi connectivity index (χ4v) is 3.02. The highest BCUT2D eigenvalue weighted by atomic mass is 127. The summed E-state index contributed by atoms with van der Waals surface area (Å²) in [5, 5.41) is 4.01. The second-order valence-corrected chi connectivity index (χ2v) is 6.47. The van der Waals surface area contributed by atoms with E-state index in [0.29, 0.717) is 16.8 Å². The molecule has 3 nitrogen and oxygen atoms in total. The predicted molar refractivity (Wildman–Crippen MR) is 92.2 cm³/mol. The molecule has 3 rings (SSSR count). The first-order valence-electron chi connectivity index (χ1n) is 6.03. The maximum absolute atomic E-state index is 14.1. The number of rotatable bonds is 2. The highest BCUT2D eigenvalue weighted by Gasteiger charge is 2.21. The Morgan fingerprint density at radius 1 is 1.14 bits per heavy atom. The summed E-state index contributed by atoms with van der Waals surface area (Å²) in [6, 6.07) is 12.2. The molecule has 0 aliphatic rings. The summed E-state index contributed by atoms with van der Waals surface area (Å²) in [7, 11) is 0. The molecule has 0 saturated carbocycles. The fraction of sp³-hybridized carbons (Fsp3) is 0. The van der Waals surface area contributed by atoms with Crippen LogP contribution in [0.15, 0.2) is 51.5 Å². The van der Waals surface area contributed by atoms with Crippen LogP contribution in [0, 0.1) is 9.39 Å². The van der Waals surface area contributed by atoms with Crippen molar-refractivity contribution in [2.24, 2.45) is 0 Å². The predicted octanol–water partition coefficient (Wildman–Crippen LogP) is 5.10. The Kier molecular flexibility index (Phi) is 3.99.